The molecule has 4 nitrogen and oxygen atoms in total. The van der Waals surface area contributed by atoms with Crippen molar-refractivity contribution < 1.29 is 9.59 Å². The van der Waals surface area contributed by atoms with Crippen molar-refractivity contribution in [2.75, 3.05) is 7.05 Å². The number of rotatable bonds is 0. The number of aromatic nitrogens is 1. The fraction of sp³-hybridized carbons (Fsp3) is 0.214. The molecule has 19 heavy (non-hydrogen) atoms. The lowest BCUT2D eigenvalue weighted by molar-refractivity contribution is -0.114. The molecular weight excluding hydrogens is 260 g/mol. The molecule has 0 bridgehead atoms. The molecule has 2 aromatic rings. The van der Waals surface area contributed by atoms with E-state index in [1.165, 1.54) is 4.90 Å². The van der Waals surface area contributed by atoms with Crippen LogP contribution in [0.3, 0.4) is 0 Å². The number of pyridine rings is 1. The quantitative estimate of drug-likeness (QED) is 0.738. The van der Waals surface area contributed by atoms with E-state index in [0.29, 0.717) is 10.5 Å². The summed E-state index contributed by atoms with van der Waals surface area (Å²) in [5.74, 6) is -0.131. The van der Waals surface area contributed by atoms with Gasteiger partial charge in [0.2, 0.25) is 5.12 Å². The number of benzene rings is 1. The molecule has 1 amide bonds. The number of fused-ring (bicyclic) bond motifs is 2. The first kappa shape index (κ1) is 12.2. The van der Waals surface area contributed by atoms with Crippen LogP contribution < -0.4 is 0 Å². The zero-order valence-corrected chi connectivity index (χ0v) is 11.4. The largest absolute Gasteiger partial charge is 0.331 e. The second-order valence-electron chi connectivity index (χ2n) is 4.56. The Morgan fingerprint density at radius 1 is 1.32 bits per heavy atom. The Labute approximate surface area is 114 Å². The Morgan fingerprint density at radius 3 is 2.89 bits per heavy atom. The van der Waals surface area contributed by atoms with E-state index in [-0.39, 0.29) is 11.0 Å². The number of carbonyl (C=O) groups is 2. The molecule has 96 valence electrons. The Morgan fingerprint density at radius 2 is 2.11 bits per heavy atom. The lowest BCUT2D eigenvalue weighted by Gasteiger charge is -2.20. The third-order valence-corrected chi connectivity index (χ3v) is 4.49. The summed E-state index contributed by atoms with van der Waals surface area (Å²) < 4.78 is 0. The summed E-state index contributed by atoms with van der Waals surface area (Å²) in [6.07, 6.45) is 1.69. The van der Waals surface area contributed by atoms with Crippen molar-refractivity contribution in [3.8, 4) is 0 Å². The second kappa shape index (κ2) is 4.35. The van der Waals surface area contributed by atoms with Gasteiger partial charge in [0.25, 0.3) is 5.91 Å². The van der Waals surface area contributed by atoms with Gasteiger partial charge in [0.05, 0.1) is 17.1 Å². The van der Waals surface area contributed by atoms with Gasteiger partial charge in [-0.15, -0.1) is 0 Å². The molecule has 2 heterocycles. The summed E-state index contributed by atoms with van der Waals surface area (Å²) in [4.78, 5) is 30.8. The third kappa shape index (κ3) is 1.90. The van der Waals surface area contributed by atoms with Crippen molar-refractivity contribution in [2.24, 2.45) is 0 Å². The fourth-order valence-corrected chi connectivity index (χ4v) is 3.06. The Kier molecular flexibility index (Phi) is 2.78. The van der Waals surface area contributed by atoms with Crippen LogP contribution in [0.25, 0.3) is 10.9 Å². The molecule has 0 fully saturated rings. The Bertz CT molecular complexity index is 699. The molecule has 3 rings (SSSR count). The van der Waals surface area contributed by atoms with Crippen LogP contribution in [0.2, 0.25) is 0 Å². The fourth-order valence-electron chi connectivity index (χ4n) is 2.07. The van der Waals surface area contributed by atoms with Crippen molar-refractivity contribution in [3.05, 3.63) is 36.0 Å². The van der Waals surface area contributed by atoms with E-state index in [9.17, 15) is 9.59 Å². The summed E-state index contributed by atoms with van der Waals surface area (Å²) in [6.45, 7) is 1.75. The molecule has 1 atom stereocenters. The van der Waals surface area contributed by atoms with E-state index in [4.69, 9.17) is 0 Å². The highest BCUT2D eigenvalue weighted by atomic mass is 32.2. The minimum Gasteiger partial charge on any atom is -0.331 e. The molecule has 0 N–H and O–H groups in total. The Balaban J connectivity index is 2.25. The van der Waals surface area contributed by atoms with Crippen LogP contribution in [0.15, 0.2) is 35.4 Å². The lowest BCUT2D eigenvalue weighted by atomic mass is 10.1. The van der Waals surface area contributed by atoms with Crippen LogP contribution in [0, 0.1) is 0 Å². The maximum Gasteiger partial charge on any atom is 0.255 e. The summed E-state index contributed by atoms with van der Waals surface area (Å²) in [7, 11) is 1.66. The molecule has 0 spiro atoms. The minimum absolute atomic E-state index is 0.0159. The van der Waals surface area contributed by atoms with Gasteiger partial charge in [0.15, 0.2) is 0 Å². The molecule has 1 aromatic heterocycles. The van der Waals surface area contributed by atoms with Crippen molar-refractivity contribution in [1.82, 2.24) is 9.88 Å². The maximum absolute atomic E-state index is 12.4. The van der Waals surface area contributed by atoms with Gasteiger partial charge >= 0.3 is 0 Å². The molecule has 0 radical (unpaired) electrons. The topological polar surface area (TPSA) is 50.3 Å². The predicted octanol–water partition coefficient (Wildman–Crippen LogP) is 2.33. The van der Waals surface area contributed by atoms with Crippen LogP contribution in [0.5, 0.6) is 0 Å². The molecular formula is C14H12N2O2S. The van der Waals surface area contributed by atoms with Crippen molar-refractivity contribution >= 4 is 33.7 Å². The molecule has 1 unspecified atom stereocenters. The van der Waals surface area contributed by atoms with Crippen molar-refractivity contribution in [1.29, 1.82) is 0 Å². The van der Waals surface area contributed by atoms with Gasteiger partial charge in [0, 0.05) is 23.5 Å². The van der Waals surface area contributed by atoms with Crippen LogP contribution in [-0.4, -0.2) is 34.0 Å². The Hall–Kier alpha value is -1.88. The zero-order chi connectivity index (χ0) is 13.6. The van der Waals surface area contributed by atoms with Crippen LogP contribution in [0.1, 0.15) is 17.3 Å². The molecule has 0 saturated carbocycles. The van der Waals surface area contributed by atoms with Gasteiger partial charge in [-0.3, -0.25) is 14.6 Å². The summed E-state index contributed by atoms with van der Waals surface area (Å²) in [5, 5.41) is 0.921. The average Bonchev–Trinajstić information content (AvgIpc) is 2.50. The smallest absolute Gasteiger partial charge is 0.255 e. The SMILES string of the molecule is CC1C(=O)Sc2cc3cccnc3cc2C(=O)N1C. The molecule has 0 aliphatic carbocycles. The number of likely N-dealkylation sites (N-methyl/N-ethyl adjacent to an activating group) is 1. The van der Waals surface area contributed by atoms with Gasteiger partial charge in [-0.05, 0) is 36.9 Å². The monoisotopic (exact) mass is 272 g/mol. The summed E-state index contributed by atoms with van der Waals surface area (Å²) in [6, 6.07) is 6.98. The van der Waals surface area contributed by atoms with Crippen molar-refractivity contribution in [2.45, 2.75) is 17.9 Å². The van der Waals surface area contributed by atoms with Gasteiger partial charge in [-0.25, -0.2) is 0 Å². The number of carbonyl (C=O) groups excluding carboxylic acids is 2. The summed E-state index contributed by atoms with van der Waals surface area (Å²) in [5.41, 5.74) is 1.32. The first-order chi connectivity index (χ1) is 9.08. The number of hydrogen-bond donors (Lipinski definition) is 0. The minimum atomic E-state index is -0.416. The second-order valence-corrected chi connectivity index (χ2v) is 5.60. The normalized spacial score (nSPS) is 19.5. The first-order valence-electron chi connectivity index (χ1n) is 5.95. The molecule has 1 aromatic carbocycles. The molecule has 1 aliphatic rings. The first-order valence-corrected chi connectivity index (χ1v) is 6.77. The van der Waals surface area contributed by atoms with Crippen LogP contribution in [0.4, 0.5) is 0 Å². The molecule has 1 aliphatic heterocycles. The highest BCUT2D eigenvalue weighted by Gasteiger charge is 2.30. The molecule has 0 saturated heterocycles. The molecule has 5 heteroatoms. The van der Waals surface area contributed by atoms with Gasteiger partial charge < -0.3 is 4.90 Å². The predicted molar refractivity (Wildman–Crippen MR) is 74.2 cm³/mol. The van der Waals surface area contributed by atoms with Gasteiger partial charge in [-0.1, -0.05) is 6.07 Å². The van der Waals surface area contributed by atoms with Crippen LogP contribution >= 0.6 is 11.8 Å². The standard InChI is InChI=1S/C14H12N2O2S/c1-8-14(18)19-12-6-9-4-3-5-15-11(9)7-10(12)13(17)16(8)2/h3-8H,1-2H3. The van der Waals surface area contributed by atoms with E-state index in [2.05, 4.69) is 4.98 Å². The van der Waals surface area contributed by atoms with Gasteiger partial charge in [-0.2, -0.15) is 0 Å². The number of amides is 1. The zero-order valence-electron chi connectivity index (χ0n) is 10.6. The van der Waals surface area contributed by atoms with Crippen molar-refractivity contribution in [3.63, 3.8) is 0 Å². The van der Waals surface area contributed by atoms with E-state index >= 15 is 0 Å². The highest BCUT2D eigenvalue weighted by molar-refractivity contribution is 8.13. The average molecular weight is 272 g/mol. The van der Waals surface area contributed by atoms with E-state index in [1.807, 2.05) is 18.2 Å². The number of hydrogen-bond acceptors (Lipinski definition) is 4. The van der Waals surface area contributed by atoms with Crippen LogP contribution in [-0.2, 0) is 4.79 Å². The number of nitrogens with zero attached hydrogens (tertiary/aromatic N) is 2. The van der Waals surface area contributed by atoms with Gasteiger partial charge in [0.1, 0.15) is 0 Å². The summed E-state index contributed by atoms with van der Waals surface area (Å²) >= 11 is 1.13. The maximum atomic E-state index is 12.4. The lowest BCUT2D eigenvalue weighted by Crippen LogP contribution is -2.37. The van der Waals surface area contributed by atoms with E-state index < -0.39 is 6.04 Å². The highest BCUT2D eigenvalue weighted by Crippen LogP contribution is 2.33. The van der Waals surface area contributed by atoms with E-state index in [0.717, 1.165) is 22.7 Å². The number of thioether (sulfide) groups is 1. The van der Waals surface area contributed by atoms with E-state index in [1.54, 1.807) is 26.2 Å². The third-order valence-electron chi connectivity index (χ3n) is 3.39.